The summed E-state index contributed by atoms with van der Waals surface area (Å²) in [6.45, 7) is 4.00. The molecular weight excluding hydrogens is 404 g/mol. The number of rotatable bonds is 5. The fourth-order valence-electron chi connectivity index (χ4n) is 3.83. The number of primary sulfonamides is 1. The number of nitrogens with two attached hydrogens (primary N) is 1. The zero-order chi connectivity index (χ0) is 21.3. The molecule has 30 heavy (non-hydrogen) atoms. The quantitative estimate of drug-likeness (QED) is 0.648. The van der Waals surface area contributed by atoms with Crippen LogP contribution in [-0.2, 0) is 21.3 Å². The molecule has 0 atom stereocenters. The number of aryl methyl sites for hydroxylation is 1. The van der Waals surface area contributed by atoms with Gasteiger partial charge in [0.25, 0.3) is 5.91 Å². The molecule has 0 bridgehead atoms. The van der Waals surface area contributed by atoms with Crippen molar-refractivity contribution in [3.63, 3.8) is 0 Å². The molecule has 1 fully saturated rings. The standard InChI is InChI=1S/C21H24N4O4S/c1-14-4-2-7-18-19(14)20(25(24-18)13-15-8-10-29-11-9-15)21(26)23-16-5-3-6-17(12-16)30(22,27)28/h2-7,12,15H,8-11,13H2,1H3,(H,23,26)(H2,22,27,28). The van der Waals surface area contributed by atoms with Crippen molar-refractivity contribution in [3.8, 4) is 0 Å². The number of anilines is 1. The van der Waals surface area contributed by atoms with Crippen LogP contribution in [0.5, 0.6) is 0 Å². The lowest BCUT2D eigenvalue weighted by molar-refractivity contribution is 0.0598. The fraction of sp³-hybridized carbons (Fsp3) is 0.333. The minimum absolute atomic E-state index is 0.0583. The zero-order valence-electron chi connectivity index (χ0n) is 16.7. The maximum Gasteiger partial charge on any atom is 0.274 e. The highest BCUT2D eigenvalue weighted by Crippen LogP contribution is 2.26. The van der Waals surface area contributed by atoms with E-state index >= 15 is 0 Å². The number of nitrogens with one attached hydrogen (secondary N) is 1. The molecule has 4 rings (SSSR count). The first-order valence-corrected chi connectivity index (χ1v) is 11.4. The van der Waals surface area contributed by atoms with E-state index in [4.69, 9.17) is 9.88 Å². The van der Waals surface area contributed by atoms with Crippen LogP contribution in [0, 0.1) is 12.8 Å². The molecule has 1 aliphatic rings. The van der Waals surface area contributed by atoms with Gasteiger partial charge in [-0.15, -0.1) is 0 Å². The number of hydrogen-bond donors (Lipinski definition) is 2. The van der Waals surface area contributed by atoms with Gasteiger partial charge in [-0.3, -0.25) is 9.48 Å². The number of nitrogens with zero attached hydrogens (tertiary/aromatic N) is 2. The molecule has 9 heteroatoms. The van der Waals surface area contributed by atoms with Crippen LogP contribution in [0.15, 0.2) is 47.4 Å². The zero-order valence-corrected chi connectivity index (χ0v) is 17.5. The first-order valence-electron chi connectivity index (χ1n) is 9.81. The first kappa shape index (κ1) is 20.5. The van der Waals surface area contributed by atoms with Crippen molar-refractivity contribution in [2.45, 2.75) is 31.2 Å². The Morgan fingerprint density at radius 3 is 2.70 bits per heavy atom. The van der Waals surface area contributed by atoms with Gasteiger partial charge in [0.2, 0.25) is 10.0 Å². The Balaban J connectivity index is 1.71. The van der Waals surface area contributed by atoms with Crippen molar-refractivity contribution < 1.29 is 17.9 Å². The molecule has 158 valence electrons. The largest absolute Gasteiger partial charge is 0.381 e. The molecule has 0 saturated carbocycles. The average Bonchev–Trinajstić information content (AvgIpc) is 3.08. The third-order valence-corrected chi connectivity index (χ3v) is 6.29. The van der Waals surface area contributed by atoms with Gasteiger partial charge in [0, 0.05) is 30.8 Å². The summed E-state index contributed by atoms with van der Waals surface area (Å²) in [6, 6.07) is 11.7. The molecule has 0 radical (unpaired) electrons. The van der Waals surface area contributed by atoms with Crippen molar-refractivity contribution in [2.24, 2.45) is 11.1 Å². The molecule has 1 aliphatic heterocycles. The molecule has 2 heterocycles. The highest BCUT2D eigenvalue weighted by atomic mass is 32.2. The van der Waals surface area contributed by atoms with Gasteiger partial charge in [-0.25, -0.2) is 13.6 Å². The molecular formula is C21H24N4O4S. The fourth-order valence-corrected chi connectivity index (χ4v) is 4.39. The number of ether oxygens (including phenoxy) is 1. The van der Waals surface area contributed by atoms with Crippen molar-refractivity contribution in [1.29, 1.82) is 0 Å². The topological polar surface area (TPSA) is 116 Å². The van der Waals surface area contributed by atoms with Crippen molar-refractivity contribution in [3.05, 3.63) is 53.7 Å². The molecule has 0 aliphatic carbocycles. The summed E-state index contributed by atoms with van der Waals surface area (Å²) in [5.74, 6) is 0.0380. The molecule has 3 aromatic rings. The number of carbonyl (C=O) groups excluding carboxylic acids is 1. The van der Waals surface area contributed by atoms with E-state index in [1.54, 1.807) is 10.7 Å². The van der Waals surface area contributed by atoms with Gasteiger partial charge in [0.15, 0.2) is 0 Å². The van der Waals surface area contributed by atoms with E-state index in [1.807, 2.05) is 25.1 Å². The molecule has 1 saturated heterocycles. The molecule has 1 amide bonds. The Morgan fingerprint density at radius 2 is 1.97 bits per heavy atom. The Morgan fingerprint density at radius 1 is 1.23 bits per heavy atom. The lowest BCUT2D eigenvalue weighted by atomic mass is 10.0. The lowest BCUT2D eigenvalue weighted by Gasteiger charge is -2.22. The van der Waals surface area contributed by atoms with Gasteiger partial charge < -0.3 is 10.1 Å². The third kappa shape index (κ3) is 4.23. The van der Waals surface area contributed by atoms with Crippen LogP contribution in [0.2, 0.25) is 0 Å². The summed E-state index contributed by atoms with van der Waals surface area (Å²) in [5, 5.41) is 13.5. The molecule has 0 spiro atoms. The van der Waals surface area contributed by atoms with E-state index in [2.05, 4.69) is 10.4 Å². The normalized spacial score (nSPS) is 15.4. The second kappa shape index (κ2) is 8.17. The van der Waals surface area contributed by atoms with Crippen LogP contribution in [0.4, 0.5) is 5.69 Å². The molecule has 8 nitrogen and oxygen atoms in total. The van der Waals surface area contributed by atoms with Crippen LogP contribution in [-0.4, -0.2) is 37.3 Å². The molecule has 0 unspecified atom stereocenters. The number of aromatic nitrogens is 2. The van der Waals surface area contributed by atoms with E-state index in [9.17, 15) is 13.2 Å². The second-order valence-corrected chi connectivity index (χ2v) is 9.14. The average molecular weight is 429 g/mol. The van der Waals surface area contributed by atoms with E-state index in [0.29, 0.717) is 37.1 Å². The summed E-state index contributed by atoms with van der Waals surface area (Å²) in [5.41, 5.74) is 2.53. The SMILES string of the molecule is Cc1cccc2nn(CC3CCOCC3)c(C(=O)Nc3cccc(S(N)(=O)=O)c3)c12. The highest BCUT2D eigenvalue weighted by Gasteiger charge is 2.23. The van der Waals surface area contributed by atoms with Gasteiger partial charge in [0.05, 0.1) is 10.4 Å². The summed E-state index contributed by atoms with van der Waals surface area (Å²) >= 11 is 0. The number of fused-ring (bicyclic) bond motifs is 1. The van der Waals surface area contributed by atoms with Gasteiger partial charge in [-0.2, -0.15) is 5.10 Å². The predicted molar refractivity (Wildman–Crippen MR) is 114 cm³/mol. The minimum Gasteiger partial charge on any atom is -0.381 e. The summed E-state index contributed by atoms with van der Waals surface area (Å²) in [6.07, 6.45) is 1.85. The Bertz CT molecular complexity index is 1200. The Labute approximate surface area is 175 Å². The predicted octanol–water partition coefficient (Wildman–Crippen LogP) is 2.67. The summed E-state index contributed by atoms with van der Waals surface area (Å²) < 4.78 is 30.5. The maximum absolute atomic E-state index is 13.3. The van der Waals surface area contributed by atoms with E-state index in [0.717, 1.165) is 29.3 Å². The lowest BCUT2D eigenvalue weighted by Crippen LogP contribution is -2.25. The van der Waals surface area contributed by atoms with Crippen molar-refractivity contribution in [2.75, 3.05) is 18.5 Å². The highest BCUT2D eigenvalue weighted by molar-refractivity contribution is 7.89. The second-order valence-electron chi connectivity index (χ2n) is 7.58. The number of amides is 1. The van der Waals surface area contributed by atoms with Crippen molar-refractivity contribution >= 4 is 32.5 Å². The van der Waals surface area contributed by atoms with Gasteiger partial charge in [0.1, 0.15) is 5.69 Å². The van der Waals surface area contributed by atoms with E-state index in [1.165, 1.54) is 18.2 Å². The summed E-state index contributed by atoms with van der Waals surface area (Å²) in [4.78, 5) is 13.2. The van der Waals surface area contributed by atoms with Crippen LogP contribution < -0.4 is 10.5 Å². The van der Waals surface area contributed by atoms with E-state index in [-0.39, 0.29) is 10.8 Å². The van der Waals surface area contributed by atoms with E-state index < -0.39 is 10.0 Å². The Hall–Kier alpha value is -2.75. The third-order valence-electron chi connectivity index (χ3n) is 5.38. The molecule has 3 N–H and O–H groups in total. The molecule has 1 aromatic heterocycles. The van der Waals surface area contributed by atoms with Crippen LogP contribution in [0.25, 0.3) is 10.9 Å². The molecule has 2 aromatic carbocycles. The number of sulfonamides is 1. The number of hydrogen-bond acceptors (Lipinski definition) is 5. The maximum atomic E-state index is 13.3. The van der Waals surface area contributed by atoms with Gasteiger partial charge >= 0.3 is 0 Å². The first-order chi connectivity index (χ1) is 14.3. The van der Waals surface area contributed by atoms with Crippen LogP contribution in [0.1, 0.15) is 28.9 Å². The summed E-state index contributed by atoms with van der Waals surface area (Å²) in [7, 11) is -3.86. The number of carbonyl (C=O) groups is 1. The minimum atomic E-state index is -3.86. The number of benzene rings is 2. The van der Waals surface area contributed by atoms with Crippen LogP contribution in [0.3, 0.4) is 0 Å². The van der Waals surface area contributed by atoms with Gasteiger partial charge in [-0.1, -0.05) is 18.2 Å². The smallest absolute Gasteiger partial charge is 0.274 e. The Kier molecular flexibility index (Phi) is 5.59. The van der Waals surface area contributed by atoms with Gasteiger partial charge in [-0.05, 0) is 55.5 Å². The van der Waals surface area contributed by atoms with Crippen molar-refractivity contribution in [1.82, 2.24) is 9.78 Å². The van der Waals surface area contributed by atoms with Crippen LogP contribution >= 0.6 is 0 Å². The monoisotopic (exact) mass is 428 g/mol.